The van der Waals surface area contributed by atoms with Gasteiger partial charge in [0.1, 0.15) is 11.1 Å². The molecule has 0 unspecified atom stereocenters. The molecule has 0 aliphatic rings. The summed E-state index contributed by atoms with van der Waals surface area (Å²) in [4.78, 5) is 4.31. The van der Waals surface area contributed by atoms with Crippen LogP contribution >= 0.6 is 11.3 Å². The van der Waals surface area contributed by atoms with Gasteiger partial charge in [-0.2, -0.15) is 5.26 Å². The predicted molar refractivity (Wildman–Crippen MR) is 66.8 cm³/mol. The molecule has 0 bridgehead atoms. The van der Waals surface area contributed by atoms with Crippen molar-refractivity contribution in [2.75, 3.05) is 0 Å². The van der Waals surface area contributed by atoms with Crippen LogP contribution in [0.2, 0.25) is 0 Å². The van der Waals surface area contributed by atoms with Crippen LogP contribution in [-0.2, 0) is 0 Å². The third-order valence-corrected chi connectivity index (χ3v) is 3.07. The Morgan fingerprint density at radius 3 is 2.69 bits per heavy atom. The standard InChI is InChI=1S/C13H10N2S/c1-10-9-16-13(15-10)12(8-14)7-11-5-3-2-4-6-11/h2-7,9H,1H3/b12-7+. The Morgan fingerprint density at radius 2 is 2.12 bits per heavy atom. The zero-order valence-corrected chi connectivity index (χ0v) is 9.66. The van der Waals surface area contributed by atoms with Gasteiger partial charge in [0.25, 0.3) is 0 Å². The van der Waals surface area contributed by atoms with Crippen molar-refractivity contribution in [2.45, 2.75) is 6.92 Å². The number of thiazole rings is 1. The first-order valence-corrected chi connectivity index (χ1v) is 5.77. The smallest absolute Gasteiger partial charge is 0.134 e. The van der Waals surface area contributed by atoms with E-state index in [0.29, 0.717) is 5.57 Å². The quantitative estimate of drug-likeness (QED) is 0.735. The van der Waals surface area contributed by atoms with E-state index in [1.807, 2.05) is 48.7 Å². The molecule has 3 heteroatoms. The summed E-state index contributed by atoms with van der Waals surface area (Å²) < 4.78 is 0. The minimum Gasteiger partial charge on any atom is -0.241 e. The fourth-order valence-electron chi connectivity index (χ4n) is 1.34. The molecule has 0 N–H and O–H groups in total. The second-order valence-corrected chi connectivity index (χ2v) is 4.23. The maximum atomic E-state index is 9.10. The number of hydrogen-bond acceptors (Lipinski definition) is 3. The average molecular weight is 226 g/mol. The lowest BCUT2D eigenvalue weighted by Crippen LogP contribution is -1.81. The Morgan fingerprint density at radius 1 is 1.38 bits per heavy atom. The monoisotopic (exact) mass is 226 g/mol. The topological polar surface area (TPSA) is 36.7 Å². The number of allylic oxidation sites excluding steroid dienone is 1. The van der Waals surface area contributed by atoms with Crippen LogP contribution in [0, 0.1) is 18.3 Å². The maximum absolute atomic E-state index is 9.10. The lowest BCUT2D eigenvalue weighted by Gasteiger charge is -1.94. The number of aryl methyl sites for hydroxylation is 1. The zero-order chi connectivity index (χ0) is 11.4. The van der Waals surface area contributed by atoms with Crippen molar-refractivity contribution in [1.82, 2.24) is 4.98 Å². The summed E-state index contributed by atoms with van der Waals surface area (Å²) in [5, 5.41) is 11.8. The van der Waals surface area contributed by atoms with E-state index >= 15 is 0 Å². The molecule has 0 spiro atoms. The molecule has 0 aliphatic carbocycles. The fourth-order valence-corrected chi connectivity index (χ4v) is 2.10. The average Bonchev–Trinajstić information content (AvgIpc) is 2.74. The van der Waals surface area contributed by atoms with E-state index < -0.39 is 0 Å². The first-order chi connectivity index (χ1) is 7.79. The van der Waals surface area contributed by atoms with Crippen molar-refractivity contribution in [3.8, 4) is 6.07 Å². The molecule has 2 nitrogen and oxygen atoms in total. The lowest BCUT2D eigenvalue weighted by atomic mass is 10.1. The van der Waals surface area contributed by atoms with E-state index in [4.69, 9.17) is 5.26 Å². The molecule has 16 heavy (non-hydrogen) atoms. The fraction of sp³-hybridized carbons (Fsp3) is 0.0769. The second kappa shape index (κ2) is 4.73. The van der Waals surface area contributed by atoms with Gasteiger partial charge >= 0.3 is 0 Å². The van der Waals surface area contributed by atoms with Crippen molar-refractivity contribution in [2.24, 2.45) is 0 Å². The highest BCUT2D eigenvalue weighted by Crippen LogP contribution is 2.21. The van der Waals surface area contributed by atoms with Crippen molar-refractivity contribution >= 4 is 23.0 Å². The Kier molecular flexibility index (Phi) is 3.13. The largest absolute Gasteiger partial charge is 0.241 e. The Balaban J connectivity index is 2.38. The van der Waals surface area contributed by atoms with Crippen molar-refractivity contribution in [3.63, 3.8) is 0 Å². The minimum absolute atomic E-state index is 0.615. The van der Waals surface area contributed by atoms with Crippen LogP contribution in [0.4, 0.5) is 0 Å². The van der Waals surface area contributed by atoms with Gasteiger partial charge in [-0.3, -0.25) is 0 Å². The van der Waals surface area contributed by atoms with Gasteiger partial charge in [-0.05, 0) is 18.6 Å². The van der Waals surface area contributed by atoms with E-state index in [0.717, 1.165) is 16.3 Å². The molecule has 2 rings (SSSR count). The highest BCUT2D eigenvalue weighted by atomic mass is 32.1. The van der Waals surface area contributed by atoms with E-state index in [-0.39, 0.29) is 0 Å². The van der Waals surface area contributed by atoms with Gasteiger partial charge in [-0.15, -0.1) is 11.3 Å². The van der Waals surface area contributed by atoms with Gasteiger partial charge in [0.15, 0.2) is 0 Å². The Hall–Kier alpha value is -1.92. The van der Waals surface area contributed by atoms with Crippen LogP contribution in [0.15, 0.2) is 35.7 Å². The molecule has 0 saturated carbocycles. The van der Waals surface area contributed by atoms with Crippen LogP contribution in [0.25, 0.3) is 11.6 Å². The summed E-state index contributed by atoms with van der Waals surface area (Å²) in [6.07, 6.45) is 1.86. The van der Waals surface area contributed by atoms with E-state index in [1.165, 1.54) is 11.3 Å². The Labute approximate surface area is 98.5 Å². The van der Waals surface area contributed by atoms with Crippen LogP contribution in [0.3, 0.4) is 0 Å². The molecule has 0 saturated heterocycles. The first kappa shape index (κ1) is 10.6. The molecular formula is C13H10N2S. The van der Waals surface area contributed by atoms with Crippen LogP contribution in [0.5, 0.6) is 0 Å². The van der Waals surface area contributed by atoms with Gasteiger partial charge in [0.2, 0.25) is 0 Å². The molecule has 1 aromatic carbocycles. The van der Waals surface area contributed by atoms with E-state index in [1.54, 1.807) is 0 Å². The molecule has 1 heterocycles. The number of aromatic nitrogens is 1. The summed E-state index contributed by atoms with van der Waals surface area (Å²) in [5.74, 6) is 0. The minimum atomic E-state index is 0.615. The maximum Gasteiger partial charge on any atom is 0.134 e. The predicted octanol–water partition coefficient (Wildman–Crippen LogP) is 3.52. The number of rotatable bonds is 2. The zero-order valence-electron chi connectivity index (χ0n) is 8.84. The number of nitriles is 1. The highest BCUT2D eigenvalue weighted by Gasteiger charge is 2.04. The van der Waals surface area contributed by atoms with Crippen LogP contribution in [0.1, 0.15) is 16.3 Å². The molecule has 0 radical (unpaired) electrons. The number of nitrogens with zero attached hydrogens (tertiary/aromatic N) is 2. The molecule has 0 fully saturated rings. The third-order valence-electron chi connectivity index (χ3n) is 2.08. The van der Waals surface area contributed by atoms with Crippen molar-refractivity contribution in [3.05, 3.63) is 52.0 Å². The van der Waals surface area contributed by atoms with Crippen LogP contribution in [-0.4, -0.2) is 4.98 Å². The van der Waals surface area contributed by atoms with Crippen molar-refractivity contribution < 1.29 is 0 Å². The summed E-state index contributed by atoms with van der Waals surface area (Å²) in [6.45, 7) is 1.93. The summed E-state index contributed by atoms with van der Waals surface area (Å²) >= 11 is 1.50. The molecule has 78 valence electrons. The summed E-state index contributed by atoms with van der Waals surface area (Å²) in [6, 6.07) is 12.0. The first-order valence-electron chi connectivity index (χ1n) is 4.89. The molecule has 1 aromatic heterocycles. The molecule has 2 aromatic rings. The SMILES string of the molecule is Cc1csc(/C(C#N)=C/c2ccccc2)n1. The van der Waals surface area contributed by atoms with Gasteiger partial charge < -0.3 is 0 Å². The molecule has 0 aliphatic heterocycles. The third kappa shape index (κ3) is 2.36. The molecule has 0 amide bonds. The van der Waals surface area contributed by atoms with E-state index in [9.17, 15) is 0 Å². The van der Waals surface area contributed by atoms with Crippen molar-refractivity contribution in [1.29, 1.82) is 5.26 Å². The molecular weight excluding hydrogens is 216 g/mol. The van der Waals surface area contributed by atoms with E-state index in [2.05, 4.69) is 11.1 Å². The normalized spacial score (nSPS) is 11.1. The second-order valence-electron chi connectivity index (χ2n) is 3.37. The summed E-state index contributed by atoms with van der Waals surface area (Å²) in [7, 11) is 0. The number of benzene rings is 1. The number of hydrogen-bond donors (Lipinski definition) is 0. The highest BCUT2D eigenvalue weighted by molar-refractivity contribution is 7.11. The van der Waals surface area contributed by atoms with Crippen LogP contribution < -0.4 is 0 Å². The summed E-state index contributed by atoms with van der Waals surface area (Å²) in [5.41, 5.74) is 2.59. The lowest BCUT2D eigenvalue weighted by molar-refractivity contribution is 1.25. The van der Waals surface area contributed by atoms with Gasteiger partial charge in [-0.1, -0.05) is 30.3 Å². The van der Waals surface area contributed by atoms with Gasteiger partial charge in [0, 0.05) is 11.1 Å². The molecule has 0 atom stereocenters. The Bertz CT molecular complexity index is 547. The van der Waals surface area contributed by atoms with Gasteiger partial charge in [0.05, 0.1) is 5.57 Å². The van der Waals surface area contributed by atoms with Gasteiger partial charge in [-0.25, -0.2) is 4.98 Å².